The lowest BCUT2D eigenvalue weighted by atomic mass is 10.0. The molecule has 1 aliphatic heterocycles. The van der Waals surface area contributed by atoms with Gasteiger partial charge in [0.15, 0.2) is 5.96 Å². The highest BCUT2D eigenvalue weighted by atomic mass is 16.2. The average Bonchev–Trinajstić information content (AvgIpc) is 3.23. The number of hydrogen-bond acceptors (Lipinski definition) is 2. The van der Waals surface area contributed by atoms with Crippen LogP contribution < -0.4 is 10.6 Å². The lowest BCUT2D eigenvalue weighted by molar-refractivity contribution is -0.122. The fourth-order valence-corrected chi connectivity index (χ4v) is 2.56. The first kappa shape index (κ1) is 14.2. The van der Waals surface area contributed by atoms with Crippen molar-refractivity contribution in [3.63, 3.8) is 0 Å². The summed E-state index contributed by atoms with van der Waals surface area (Å²) >= 11 is 0. The number of nitrogens with zero attached hydrogens (tertiary/aromatic N) is 2. The molecule has 2 aliphatic rings. The van der Waals surface area contributed by atoms with E-state index in [4.69, 9.17) is 0 Å². The van der Waals surface area contributed by atoms with E-state index >= 15 is 0 Å². The fourth-order valence-electron chi connectivity index (χ4n) is 2.56. The third-order valence-corrected chi connectivity index (χ3v) is 3.82. The molecule has 1 aliphatic carbocycles. The fraction of sp³-hybridized carbons (Fsp3) is 0.857. The molecule has 5 heteroatoms. The van der Waals surface area contributed by atoms with E-state index in [9.17, 15) is 4.79 Å². The smallest absolute Gasteiger partial charge is 0.223 e. The van der Waals surface area contributed by atoms with Gasteiger partial charge in [-0.05, 0) is 31.6 Å². The van der Waals surface area contributed by atoms with Crippen LogP contribution in [-0.2, 0) is 4.79 Å². The van der Waals surface area contributed by atoms with Gasteiger partial charge in [0.1, 0.15) is 0 Å². The number of piperidine rings is 1. The van der Waals surface area contributed by atoms with Gasteiger partial charge in [0.25, 0.3) is 0 Å². The summed E-state index contributed by atoms with van der Waals surface area (Å²) in [5, 5.41) is 6.30. The van der Waals surface area contributed by atoms with Gasteiger partial charge in [-0.1, -0.05) is 6.92 Å². The Balaban J connectivity index is 1.65. The molecule has 1 amide bonds. The molecule has 1 heterocycles. The van der Waals surface area contributed by atoms with Crippen LogP contribution in [-0.4, -0.2) is 50.0 Å². The predicted molar refractivity (Wildman–Crippen MR) is 77.1 cm³/mol. The maximum atomic E-state index is 11.5. The minimum absolute atomic E-state index is 0.211. The Morgan fingerprint density at radius 2 is 2.00 bits per heavy atom. The molecule has 0 spiro atoms. The Kier molecular flexibility index (Phi) is 5.05. The van der Waals surface area contributed by atoms with Gasteiger partial charge in [-0.15, -0.1) is 0 Å². The quantitative estimate of drug-likeness (QED) is 0.450. The van der Waals surface area contributed by atoms with Crippen molar-refractivity contribution in [3.8, 4) is 0 Å². The molecule has 1 unspecified atom stereocenters. The molecule has 2 N–H and O–H groups in total. The molecule has 0 aromatic heterocycles. The highest BCUT2D eigenvalue weighted by Gasteiger charge is 2.29. The standard InChI is InChI=1S/C14H26N4O/c1-11-4-3-9-18(10-11)14(15-2)17-8-7-16-13(19)12-5-6-12/h11-12H,3-10H2,1-2H3,(H,15,17)(H,16,19). The molecule has 1 saturated heterocycles. The van der Waals surface area contributed by atoms with Crippen molar-refractivity contribution in [1.29, 1.82) is 0 Å². The molecule has 0 aromatic rings. The minimum atomic E-state index is 0.211. The van der Waals surface area contributed by atoms with Crippen molar-refractivity contribution in [3.05, 3.63) is 0 Å². The van der Waals surface area contributed by atoms with Crippen molar-refractivity contribution in [2.75, 3.05) is 33.2 Å². The summed E-state index contributed by atoms with van der Waals surface area (Å²) in [5.74, 6) is 2.21. The SMILES string of the molecule is CN=C(NCCNC(=O)C1CC1)N1CCCC(C)C1. The Labute approximate surface area is 115 Å². The third-order valence-electron chi connectivity index (χ3n) is 3.82. The topological polar surface area (TPSA) is 56.7 Å². The monoisotopic (exact) mass is 266 g/mol. The number of guanidine groups is 1. The van der Waals surface area contributed by atoms with Crippen LogP contribution in [0.1, 0.15) is 32.6 Å². The normalized spacial score (nSPS) is 24.2. The number of carbonyl (C=O) groups is 1. The number of carbonyl (C=O) groups excluding carboxylic acids is 1. The van der Waals surface area contributed by atoms with Gasteiger partial charge in [0.2, 0.25) is 5.91 Å². The second-order valence-electron chi connectivity index (χ2n) is 5.73. The predicted octanol–water partition coefficient (Wildman–Crippen LogP) is 0.820. The number of amides is 1. The van der Waals surface area contributed by atoms with E-state index in [0.717, 1.165) is 44.4 Å². The first-order valence-corrected chi connectivity index (χ1v) is 7.44. The Morgan fingerprint density at radius 1 is 1.26 bits per heavy atom. The molecular weight excluding hydrogens is 240 g/mol. The molecule has 2 fully saturated rings. The zero-order valence-corrected chi connectivity index (χ0v) is 12.1. The van der Waals surface area contributed by atoms with Gasteiger partial charge in [-0.3, -0.25) is 9.79 Å². The van der Waals surface area contributed by atoms with Crippen molar-refractivity contribution in [2.24, 2.45) is 16.8 Å². The molecular formula is C14H26N4O. The van der Waals surface area contributed by atoms with Crippen molar-refractivity contribution < 1.29 is 4.79 Å². The second-order valence-corrected chi connectivity index (χ2v) is 5.73. The molecule has 1 saturated carbocycles. The minimum Gasteiger partial charge on any atom is -0.354 e. The summed E-state index contributed by atoms with van der Waals surface area (Å²) in [5.41, 5.74) is 0. The van der Waals surface area contributed by atoms with E-state index in [1.807, 2.05) is 7.05 Å². The summed E-state index contributed by atoms with van der Waals surface area (Å²) in [7, 11) is 1.82. The summed E-state index contributed by atoms with van der Waals surface area (Å²) in [6.45, 7) is 5.87. The lowest BCUT2D eigenvalue weighted by Crippen LogP contribution is -2.47. The van der Waals surface area contributed by atoms with Gasteiger partial charge >= 0.3 is 0 Å². The Bertz CT molecular complexity index is 338. The lowest BCUT2D eigenvalue weighted by Gasteiger charge is -2.33. The van der Waals surface area contributed by atoms with Gasteiger partial charge in [0.05, 0.1) is 0 Å². The second kappa shape index (κ2) is 6.78. The molecule has 5 nitrogen and oxygen atoms in total. The van der Waals surface area contributed by atoms with Crippen molar-refractivity contribution in [1.82, 2.24) is 15.5 Å². The molecule has 0 aromatic carbocycles. The molecule has 0 radical (unpaired) electrons. The van der Waals surface area contributed by atoms with Gasteiger partial charge < -0.3 is 15.5 Å². The van der Waals surface area contributed by atoms with E-state index in [2.05, 4.69) is 27.4 Å². The zero-order chi connectivity index (χ0) is 13.7. The molecule has 1 atom stereocenters. The maximum Gasteiger partial charge on any atom is 0.223 e. The summed E-state index contributed by atoms with van der Waals surface area (Å²) in [6.07, 6.45) is 4.67. The third kappa shape index (κ3) is 4.40. The Morgan fingerprint density at radius 3 is 2.63 bits per heavy atom. The highest BCUT2D eigenvalue weighted by Crippen LogP contribution is 2.28. The summed E-state index contributed by atoms with van der Waals surface area (Å²) < 4.78 is 0. The highest BCUT2D eigenvalue weighted by molar-refractivity contribution is 5.81. The van der Waals surface area contributed by atoms with E-state index in [0.29, 0.717) is 12.5 Å². The molecule has 0 bridgehead atoms. The molecule has 19 heavy (non-hydrogen) atoms. The Hall–Kier alpha value is -1.26. The van der Waals surface area contributed by atoms with Gasteiger partial charge in [-0.25, -0.2) is 0 Å². The number of aliphatic imine (C=N–C) groups is 1. The first-order chi connectivity index (χ1) is 9.20. The number of likely N-dealkylation sites (tertiary alicyclic amines) is 1. The van der Waals surface area contributed by atoms with E-state index < -0.39 is 0 Å². The van der Waals surface area contributed by atoms with E-state index in [1.165, 1.54) is 12.8 Å². The average molecular weight is 266 g/mol. The van der Waals surface area contributed by atoms with Gasteiger partial charge in [0, 0.05) is 39.1 Å². The zero-order valence-electron chi connectivity index (χ0n) is 12.1. The summed E-state index contributed by atoms with van der Waals surface area (Å²) in [6, 6.07) is 0. The van der Waals surface area contributed by atoms with Crippen molar-refractivity contribution >= 4 is 11.9 Å². The first-order valence-electron chi connectivity index (χ1n) is 7.44. The van der Waals surface area contributed by atoms with Crippen LogP contribution in [0.15, 0.2) is 4.99 Å². The van der Waals surface area contributed by atoms with E-state index in [-0.39, 0.29) is 5.91 Å². The van der Waals surface area contributed by atoms with Crippen LogP contribution in [0, 0.1) is 11.8 Å². The number of nitrogens with one attached hydrogen (secondary N) is 2. The van der Waals surface area contributed by atoms with Crippen LogP contribution >= 0.6 is 0 Å². The van der Waals surface area contributed by atoms with Crippen LogP contribution in [0.4, 0.5) is 0 Å². The van der Waals surface area contributed by atoms with Crippen LogP contribution in [0.5, 0.6) is 0 Å². The van der Waals surface area contributed by atoms with Crippen LogP contribution in [0.2, 0.25) is 0 Å². The maximum absolute atomic E-state index is 11.5. The van der Waals surface area contributed by atoms with Crippen LogP contribution in [0.25, 0.3) is 0 Å². The largest absolute Gasteiger partial charge is 0.354 e. The number of hydrogen-bond donors (Lipinski definition) is 2. The summed E-state index contributed by atoms with van der Waals surface area (Å²) in [4.78, 5) is 18.1. The van der Waals surface area contributed by atoms with Crippen LogP contribution in [0.3, 0.4) is 0 Å². The number of rotatable bonds is 4. The molecule has 108 valence electrons. The van der Waals surface area contributed by atoms with Crippen molar-refractivity contribution in [2.45, 2.75) is 32.6 Å². The van der Waals surface area contributed by atoms with E-state index in [1.54, 1.807) is 0 Å². The molecule has 2 rings (SSSR count). The van der Waals surface area contributed by atoms with Gasteiger partial charge in [-0.2, -0.15) is 0 Å².